The fourth-order valence-electron chi connectivity index (χ4n) is 4.36. The van der Waals surface area contributed by atoms with Gasteiger partial charge >= 0.3 is 0 Å². The number of hydrogen-bond acceptors (Lipinski definition) is 5. The van der Waals surface area contributed by atoms with Crippen LogP contribution in [0, 0.1) is 5.82 Å². The largest absolute Gasteiger partial charge is 0.371 e. The summed E-state index contributed by atoms with van der Waals surface area (Å²) in [6.45, 7) is 1.53. The first-order chi connectivity index (χ1) is 14.0. The van der Waals surface area contributed by atoms with Gasteiger partial charge in [-0.3, -0.25) is 4.98 Å². The molecule has 1 aliphatic heterocycles. The van der Waals surface area contributed by atoms with Gasteiger partial charge in [0.1, 0.15) is 5.82 Å². The number of pyridine rings is 1. The Morgan fingerprint density at radius 2 is 2.17 bits per heavy atom. The number of aromatic nitrogens is 1. The zero-order valence-electron chi connectivity index (χ0n) is 16.3. The highest BCUT2D eigenvalue weighted by molar-refractivity contribution is 7.89. The summed E-state index contributed by atoms with van der Waals surface area (Å²) in [5.74, 6) is -0.553. The van der Waals surface area contributed by atoms with E-state index in [1.807, 2.05) is 18.3 Å². The Hall–Kier alpha value is -1.87. The molecule has 29 heavy (non-hydrogen) atoms. The molecule has 0 amide bonds. The van der Waals surface area contributed by atoms with Crippen molar-refractivity contribution in [3.05, 3.63) is 60.2 Å². The summed E-state index contributed by atoms with van der Waals surface area (Å²) in [5, 5.41) is 3.57. The van der Waals surface area contributed by atoms with Crippen LogP contribution >= 0.6 is 0 Å². The van der Waals surface area contributed by atoms with Gasteiger partial charge in [-0.2, -0.15) is 4.31 Å². The zero-order valence-corrected chi connectivity index (χ0v) is 17.1. The number of nitrogens with one attached hydrogen (secondary N) is 1. The Balaban J connectivity index is 1.54. The quantitative estimate of drug-likeness (QED) is 0.807. The molecular weight excluding hydrogens is 393 g/mol. The minimum absolute atomic E-state index is 0.00905. The third-order valence-electron chi connectivity index (χ3n) is 5.86. The lowest BCUT2D eigenvalue weighted by atomic mass is 9.79. The Morgan fingerprint density at radius 3 is 2.97 bits per heavy atom. The number of benzene rings is 1. The predicted molar refractivity (Wildman–Crippen MR) is 107 cm³/mol. The summed E-state index contributed by atoms with van der Waals surface area (Å²) in [4.78, 5) is 4.14. The van der Waals surface area contributed by atoms with Gasteiger partial charge in [0, 0.05) is 38.1 Å². The predicted octanol–water partition coefficient (Wildman–Crippen LogP) is 2.71. The molecule has 0 bridgehead atoms. The third kappa shape index (κ3) is 4.35. The van der Waals surface area contributed by atoms with E-state index >= 15 is 0 Å². The van der Waals surface area contributed by atoms with Crippen molar-refractivity contribution in [1.29, 1.82) is 0 Å². The number of halogens is 1. The lowest BCUT2D eigenvalue weighted by Gasteiger charge is -2.49. The van der Waals surface area contributed by atoms with Crippen molar-refractivity contribution >= 4 is 10.0 Å². The number of morpholine rings is 1. The summed E-state index contributed by atoms with van der Waals surface area (Å²) in [5.41, 5.74) is 0.507. The highest BCUT2D eigenvalue weighted by Gasteiger charge is 2.47. The molecule has 1 spiro atoms. The topological polar surface area (TPSA) is 71.5 Å². The second-order valence-electron chi connectivity index (χ2n) is 7.75. The lowest BCUT2D eigenvalue weighted by Crippen LogP contribution is -2.63. The van der Waals surface area contributed by atoms with Crippen molar-refractivity contribution in [1.82, 2.24) is 14.6 Å². The summed E-state index contributed by atoms with van der Waals surface area (Å²) in [6, 6.07) is 9.16. The van der Waals surface area contributed by atoms with Crippen LogP contribution in [0.5, 0.6) is 0 Å². The molecular formula is C21H26FN3O3S. The van der Waals surface area contributed by atoms with Gasteiger partial charge in [-0.1, -0.05) is 25.0 Å². The molecule has 1 saturated carbocycles. The molecule has 2 atom stereocenters. The number of hydrogen-bond donors (Lipinski definition) is 1. The molecule has 4 rings (SSSR count). The standard InChI is InChI=1S/C21H26FN3O3S/c22-18-6-3-7-19(13-18)29(26,27)25-11-12-28-21(16-25)9-2-1-8-20(21)24-15-17-5-4-10-23-14-17/h3-7,10,13-14,20,24H,1-2,8-9,11-12,15-16H2. The van der Waals surface area contributed by atoms with Gasteiger partial charge in [0.2, 0.25) is 10.0 Å². The van der Waals surface area contributed by atoms with E-state index in [9.17, 15) is 12.8 Å². The van der Waals surface area contributed by atoms with Crippen molar-refractivity contribution < 1.29 is 17.5 Å². The van der Waals surface area contributed by atoms with Gasteiger partial charge in [-0.15, -0.1) is 0 Å². The monoisotopic (exact) mass is 419 g/mol. The summed E-state index contributed by atoms with van der Waals surface area (Å²) < 4.78 is 47.6. The van der Waals surface area contributed by atoms with Crippen molar-refractivity contribution in [3.8, 4) is 0 Å². The first kappa shape index (κ1) is 20.4. The van der Waals surface area contributed by atoms with Gasteiger partial charge in [-0.05, 0) is 42.7 Å². The molecule has 1 saturated heterocycles. The molecule has 2 aliphatic rings. The maximum Gasteiger partial charge on any atom is 0.243 e. The maximum atomic E-state index is 13.6. The van der Waals surface area contributed by atoms with Crippen molar-refractivity contribution in [3.63, 3.8) is 0 Å². The normalized spacial score (nSPS) is 25.9. The fraction of sp³-hybridized carbons (Fsp3) is 0.476. The number of nitrogens with zero attached hydrogens (tertiary/aromatic N) is 2. The molecule has 2 aromatic rings. The molecule has 2 heterocycles. The number of rotatable bonds is 5. The Morgan fingerprint density at radius 1 is 1.28 bits per heavy atom. The molecule has 2 unspecified atom stereocenters. The average Bonchev–Trinajstić information content (AvgIpc) is 2.74. The van der Waals surface area contributed by atoms with Crippen LogP contribution in [0.15, 0.2) is 53.7 Å². The van der Waals surface area contributed by atoms with E-state index < -0.39 is 21.4 Å². The van der Waals surface area contributed by atoms with Crippen LogP contribution in [-0.4, -0.2) is 49.0 Å². The molecule has 8 heteroatoms. The maximum absolute atomic E-state index is 13.6. The fourth-order valence-corrected chi connectivity index (χ4v) is 5.87. The SMILES string of the molecule is O=S(=O)(c1cccc(F)c1)N1CCOC2(CCCCC2NCc2cccnc2)C1. The number of sulfonamides is 1. The molecule has 1 N–H and O–H groups in total. The van der Waals surface area contributed by atoms with Crippen LogP contribution in [0.4, 0.5) is 4.39 Å². The summed E-state index contributed by atoms with van der Waals surface area (Å²) in [6.07, 6.45) is 7.36. The number of ether oxygens (including phenoxy) is 1. The molecule has 156 valence electrons. The van der Waals surface area contributed by atoms with E-state index in [1.54, 1.807) is 6.20 Å². The molecule has 0 radical (unpaired) electrons. The first-order valence-electron chi connectivity index (χ1n) is 10.0. The smallest absolute Gasteiger partial charge is 0.243 e. The minimum atomic E-state index is -3.77. The van der Waals surface area contributed by atoms with Gasteiger partial charge in [0.05, 0.1) is 17.1 Å². The first-order valence-corrected chi connectivity index (χ1v) is 11.5. The summed E-state index contributed by atoms with van der Waals surface area (Å²) >= 11 is 0. The molecule has 1 aromatic heterocycles. The summed E-state index contributed by atoms with van der Waals surface area (Å²) in [7, 11) is -3.77. The average molecular weight is 420 g/mol. The van der Waals surface area contributed by atoms with Gasteiger partial charge in [0.15, 0.2) is 0 Å². The van der Waals surface area contributed by atoms with Crippen molar-refractivity contribution in [2.45, 2.75) is 48.8 Å². The van der Waals surface area contributed by atoms with E-state index in [1.165, 1.54) is 22.5 Å². The van der Waals surface area contributed by atoms with Crippen LogP contribution in [0.2, 0.25) is 0 Å². The van der Waals surface area contributed by atoms with Crippen molar-refractivity contribution in [2.75, 3.05) is 19.7 Å². The Bertz CT molecular complexity index is 937. The zero-order chi connectivity index (χ0) is 20.3. The highest BCUT2D eigenvalue weighted by atomic mass is 32.2. The van der Waals surface area contributed by atoms with Gasteiger partial charge in [-0.25, -0.2) is 12.8 Å². The Kier molecular flexibility index (Phi) is 5.96. The van der Waals surface area contributed by atoms with Gasteiger partial charge in [0.25, 0.3) is 0 Å². The third-order valence-corrected chi connectivity index (χ3v) is 7.70. The molecule has 6 nitrogen and oxygen atoms in total. The van der Waals surface area contributed by atoms with E-state index in [2.05, 4.69) is 10.3 Å². The van der Waals surface area contributed by atoms with Crippen LogP contribution in [0.3, 0.4) is 0 Å². The van der Waals surface area contributed by atoms with Crippen molar-refractivity contribution in [2.24, 2.45) is 0 Å². The van der Waals surface area contributed by atoms with E-state index in [0.717, 1.165) is 37.3 Å². The van der Waals surface area contributed by atoms with E-state index in [-0.39, 0.29) is 24.0 Å². The molecule has 1 aromatic carbocycles. The second kappa shape index (κ2) is 8.47. The van der Waals surface area contributed by atoms with Crippen LogP contribution in [0.1, 0.15) is 31.2 Å². The second-order valence-corrected chi connectivity index (χ2v) is 9.69. The molecule has 2 fully saturated rings. The highest BCUT2D eigenvalue weighted by Crippen LogP contribution is 2.36. The van der Waals surface area contributed by atoms with Crippen LogP contribution < -0.4 is 5.32 Å². The van der Waals surface area contributed by atoms with E-state index in [4.69, 9.17) is 4.74 Å². The lowest BCUT2D eigenvalue weighted by molar-refractivity contribution is -0.127. The minimum Gasteiger partial charge on any atom is -0.371 e. The van der Waals surface area contributed by atoms with E-state index in [0.29, 0.717) is 13.2 Å². The van der Waals surface area contributed by atoms with Crippen LogP contribution in [0.25, 0.3) is 0 Å². The van der Waals surface area contributed by atoms with Gasteiger partial charge < -0.3 is 10.1 Å². The molecule has 1 aliphatic carbocycles. The van der Waals surface area contributed by atoms with Crippen LogP contribution in [-0.2, 0) is 21.3 Å². The Labute approximate surface area is 171 Å².